The van der Waals surface area contributed by atoms with E-state index < -0.39 is 0 Å². The van der Waals surface area contributed by atoms with Gasteiger partial charge in [0.05, 0.1) is 17.9 Å². The minimum atomic E-state index is 0.161. The number of rotatable bonds is 6. The first-order valence-electron chi connectivity index (χ1n) is 10.6. The second-order valence-electron chi connectivity index (χ2n) is 8.54. The lowest BCUT2D eigenvalue weighted by molar-refractivity contribution is 0.0718. The molecular formula is C21H30N6O. The summed E-state index contributed by atoms with van der Waals surface area (Å²) in [5.74, 6) is 0.911. The van der Waals surface area contributed by atoms with Gasteiger partial charge in [-0.2, -0.15) is 0 Å². The third kappa shape index (κ3) is 3.16. The Morgan fingerprint density at radius 2 is 1.89 bits per heavy atom. The van der Waals surface area contributed by atoms with E-state index in [0.717, 1.165) is 60.9 Å². The molecule has 0 bridgehead atoms. The number of aromatic amines is 1. The number of H-pyrrole nitrogens is 1. The highest BCUT2D eigenvalue weighted by Crippen LogP contribution is 2.41. The number of nitrogens with one attached hydrogen (secondary N) is 3. The second-order valence-corrected chi connectivity index (χ2v) is 8.54. The SMILES string of the molecule is CNCNCC1CCC(N2CN(C3CC3)C(=O)c3cnc4[nH]ccc4c32)CC1. The fraction of sp³-hybridized carbons (Fsp3) is 0.619. The van der Waals surface area contributed by atoms with Crippen LogP contribution in [0.15, 0.2) is 18.5 Å². The van der Waals surface area contributed by atoms with Gasteiger partial charge in [0.1, 0.15) is 5.65 Å². The summed E-state index contributed by atoms with van der Waals surface area (Å²) in [4.78, 5) is 25.5. The van der Waals surface area contributed by atoms with Crippen LogP contribution in [-0.4, -0.2) is 59.8 Å². The lowest BCUT2D eigenvalue weighted by Gasteiger charge is -2.45. The predicted molar refractivity (Wildman–Crippen MR) is 110 cm³/mol. The van der Waals surface area contributed by atoms with Crippen molar-refractivity contribution in [3.8, 4) is 0 Å². The largest absolute Gasteiger partial charge is 0.349 e. The van der Waals surface area contributed by atoms with E-state index in [1.165, 1.54) is 25.7 Å². The zero-order valence-corrected chi connectivity index (χ0v) is 16.6. The Bertz CT molecular complexity index is 852. The number of anilines is 1. The van der Waals surface area contributed by atoms with E-state index in [-0.39, 0.29) is 5.91 Å². The summed E-state index contributed by atoms with van der Waals surface area (Å²) in [6, 6.07) is 2.99. The Morgan fingerprint density at radius 3 is 2.64 bits per heavy atom. The van der Waals surface area contributed by atoms with Gasteiger partial charge >= 0.3 is 0 Å². The highest BCUT2D eigenvalue weighted by Gasteiger charge is 2.41. The van der Waals surface area contributed by atoms with Crippen LogP contribution in [0.3, 0.4) is 0 Å². The lowest BCUT2D eigenvalue weighted by atomic mass is 9.84. The highest BCUT2D eigenvalue weighted by atomic mass is 16.2. The molecule has 1 aliphatic heterocycles. The van der Waals surface area contributed by atoms with Gasteiger partial charge < -0.3 is 25.4 Å². The van der Waals surface area contributed by atoms with Crippen LogP contribution in [0, 0.1) is 5.92 Å². The summed E-state index contributed by atoms with van der Waals surface area (Å²) >= 11 is 0. The molecule has 0 aromatic carbocycles. The number of carbonyl (C=O) groups excluding carboxylic acids is 1. The van der Waals surface area contributed by atoms with Gasteiger partial charge in [0, 0.05) is 36.5 Å². The first-order chi connectivity index (χ1) is 13.8. The summed E-state index contributed by atoms with van der Waals surface area (Å²) < 4.78 is 0. The van der Waals surface area contributed by atoms with E-state index in [4.69, 9.17) is 0 Å². The Balaban J connectivity index is 1.40. The molecule has 7 heteroatoms. The molecule has 2 aromatic rings. The molecule has 2 aromatic heterocycles. The quantitative estimate of drug-likeness (QED) is 0.528. The molecule has 2 saturated carbocycles. The van der Waals surface area contributed by atoms with Crippen LogP contribution >= 0.6 is 0 Å². The Hall–Kier alpha value is -2.12. The molecule has 0 radical (unpaired) electrons. The van der Waals surface area contributed by atoms with E-state index in [1.54, 1.807) is 6.20 Å². The van der Waals surface area contributed by atoms with E-state index in [2.05, 4.69) is 36.5 Å². The number of pyridine rings is 1. The van der Waals surface area contributed by atoms with Gasteiger partial charge in [-0.1, -0.05) is 0 Å². The minimum absolute atomic E-state index is 0.161. The Labute approximate surface area is 165 Å². The maximum Gasteiger partial charge on any atom is 0.259 e. The summed E-state index contributed by atoms with van der Waals surface area (Å²) in [6.07, 6.45) is 10.8. The van der Waals surface area contributed by atoms with Crippen molar-refractivity contribution in [2.24, 2.45) is 5.92 Å². The topological polar surface area (TPSA) is 76.3 Å². The van der Waals surface area contributed by atoms with Crippen molar-refractivity contribution in [3.05, 3.63) is 24.0 Å². The number of hydrogen-bond donors (Lipinski definition) is 3. The van der Waals surface area contributed by atoms with Crippen molar-refractivity contribution in [2.75, 3.05) is 31.8 Å². The first kappa shape index (κ1) is 17.9. The normalized spacial score (nSPS) is 25.4. The molecule has 2 fully saturated rings. The number of nitrogens with zero attached hydrogens (tertiary/aromatic N) is 3. The van der Waals surface area contributed by atoms with Crippen molar-refractivity contribution in [1.82, 2.24) is 25.5 Å². The maximum absolute atomic E-state index is 13.1. The molecule has 7 nitrogen and oxygen atoms in total. The number of fused-ring (bicyclic) bond motifs is 3. The second kappa shape index (κ2) is 7.37. The highest BCUT2D eigenvalue weighted by molar-refractivity contribution is 6.08. The zero-order valence-electron chi connectivity index (χ0n) is 16.6. The van der Waals surface area contributed by atoms with Gasteiger partial charge in [-0.05, 0) is 64.1 Å². The van der Waals surface area contributed by atoms with E-state index in [9.17, 15) is 4.79 Å². The van der Waals surface area contributed by atoms with Crippen molar-refractivity contribution >= 4 is 22.6 Å². The molecular weight excluding hydrogens is 352 g/mol. The van der Waals surface area contributed by atoms with Crippen molar-refractivity contribution in [2.45, 2.75) is 50.6 Å². The van der Waals surface area contributed by atoms with Crippen LogP contribution in [0.25, 0.3) is 11.0 Å². The number of carbonyl (C=O) groups is 1. The smallest absolute Gasteiger partial charge is 0.259 e. The van der Waals surface area contributed by atoms with Crippen LogP contribution in [0.4, 0.5) is 5.69 Å². The molecule has 5 rings (SSSR count). The molecule has 0 spiro atoms. The fourth-order valence-corrected chi connectivity index (χ4v) is 4.94. The van der Waals surface area contributed by atoms with Gasteiger partial charge in [-0.3, -0.25) is 4.79 Å². The maximum atomic E-state index is 13.1. The molecule has 28 heavy (non-hydrogen) atoms. The molecule has 3 heterocycles. The predicted octanol–water partition coefficient (Wildman–Crippen LogP) is 2.27. The third-order valence-corrected chi connectivity index (χ3v) is 6.62. The average molecular weight is 383 g/mol. The molecule has 0 saturated heterocycles. The molecule has 0 atom stereocenters. The zero-order chi connectivity index (χ0) is 19.1. The molecule has 3 N–H and O–H groups in total. The van der Waals surface area contributed by atoms with Crippen molar-refractivity contribution < 1.29 is 4.79 Å². The van der Waals surface area contributed by atoms with Gasteiger partial charge in [0.15, 0.2) is 0 Å². The Kier molecular flexibility index (Phi) is 4.72. The van der Waals surface area contributed by atoms with Gasteiger partial charge in [-0.15, -0.1) is 0 Å². The van der Waals surface area contributed by atoms with Crippen LogP contribution in [-0.2, 0) is 0 Å². The summed E-state index contributed by atoms with van der Waals surface area (Å²) in [6.45, 7) is 2.69. The molecule has 1 amide bonds. The summed E-state index contributed by atoms with van der Waals surface area (Å²) in [5, 5.41) is 7.72. The van der Waals surface area contributed by atoms with Crippen molar-refractivity contribution in [1.29, 1.82) is 0 Å². The van der Waals surface area contributed by atoms with Crippen LogP contribution in [0.5, 0.6) is 0 Å². The molecule has 0 unspecified atom stereocenters. The summed E-state index contributed by atoms with van der Waals surface area (Å²) in [5.41, 5.74) is 2.76. The molecule has 150 valence electrons. The molecule has 3 aliphatic rings. The monoisotopic (exact) mass is 382 g/mol. The fourth-order valence-electron chi connectivity index (χ4n) is 4.94. The van der Waals surface area contributed by atoms with Crippen LogP contribution in [0.1, 0.15) is 48.9 Å². The Morgan fingerprint density at radius 1 is 1.14 bits per heavy atom. The first-order valence-corrected chi connectivity index (χ1v) is 10.6. The van der Waals surface area contributed by atoms with E-state index >= 15 is 0 Å². The van der Waals surface area contributed by atoms with E-state index in [1.807, 2.05) is 13.2 Å². The number of amides is 1. The van der Waals surface area contributed by atoms with Gasteiger partial charge in [0.25, 0.3) is 5.91 Å². The van der Waals surface area contributed by atoms with E-state index in [0.29, 0.717) is 12.1 Å². The molecule has 2 aliphatic carbocycles. The number of hydrogen-bond acceptors (Lipinski definition) is 5. The van der Waals surface area contributed by atoms with Gasteiger partial charge in [-0.25, -0.2) is 4.98 Å². The van der Waals surface area contributed by atoms with Crippen LogP contribution < -0.4 is 15.5 Å². The van der Waals surface area contributed by atoms with Crippen LogP contribution in [0.2, 0.25) is 0 Å². The van der Waals surface area contributed by atoms with Crippen molar-refractivity contribution in [3.63, 3.8) is 0 Å². The minimum Gasteiger partial charge on any atom is -0.349 e. The summed E-state index contributed by atoms with van der Waals surface area (Å²) in [7, 11) is 1.97. The third-order valence-electron chi connectivity index (χ3n) is 6.62. The standard InChI is InChI=1S/C21H30N6O/c1-22-12-23-10-14-2-4-15(5-3-14)26-13-27(16-6-7-16)21(28)18-11-25-20-17(19(18)26)8-9-24-20/h8-9,11,14-16,22-23H,2-7,10,12-13H2,1H3,(H,24,25). The lowest BCUT2D eigenvalue weighted by Crippen LogP contribution is -2.52. The average Bonchev–Trinajstić information content (AvgIpc) is 3.45. The van der Waals surface area contributed by atoms with Gasteiger partial charge in [0.2, 0.25) is 0 Å². The number of aromatic nitrogens is 2.